The first-order chi connectivity index (χ1) is 16.2. The molecule has 2 aromatic heterocycles. The van der Waals surface area contributed by atoms with Gasteiger partial charge in [-0.25, -0.2) is 0 Å². The van der Waals surface area contributed by atoms with E-state index < -0.39 is 0 Å². The average molecular weight is 438 g/mol. The third kappa shape index (κ3) is 3.14. The fraction of sp³-hybridized carbons (Fsp3) is 0.286. The number of aryl methyl sites for hydroxylation is 2. The van der Waals surface area contributed by atoms with Gasteiger partial charge in [0.25, 0.3) is 11.8 Å². The second-order valence-corrected chi connectivity index (χ2v) is 9.25. The number of aromatic nitrogens is 2. The lowest BCUT2D eigenvalue weighted by atomic mass is 9.95. The van der Waals surface area contributed by atoms with Crippen molar-refractivity contribution >= 4 is 44.8 Å². The van der Waals surface area contributed by atoms with E-state index in [1.54, 1.807) is 0 Å². The highest BCUT2D eigenvalue weighted by Crippen LogP contribution is 2.39. The summed E-state index contributed by atoms with van der Waals surface area (Å²) in [6.45, 7) is 4.09. The topological polar surface area (TPSA) is 56.0 Å². The Morgan fingerprint density at radius 2 is 1.33 bits per heavy atom. The molecular weight excluding hydrogens is 410 g/mol. The summed E-state index contributed by atoms with van der Waals surface area (Å²) in [5.74, 6) is 0.0334. The maximum Gasteiger partial charge on any atom is 0.259 e. The van der Waals surface area contributed by atoms with Gasteiger partial charge in [-0.15, -0.1) is 0 Å². The van der Waals surface area contributed by atoms with Crippen LogP contribution in [0.3, 0.4) is 0 Å². The maximum atomic E-state index is 13.2. The Morgan fingerprint density at radius 1 is 0.788 bits per heavy atom. The molecule has 0 saturated carbocycles. The number of hydrogen-bond acceptors (Lipinski definition) is 2. The molecule has 1 unspecified atom stereocenters. The predicted octanol–water partition coefficient (Wildman–Crippen LogP) is 5.37. The molecule has 0 spiro atoms. The van der Waals surface area contributed by atoms with Crippen molar-refractivity contribution in [2.24, 2.45) is 5.92 Å². The smallest absolute Gasteiger partial charge is 0.259 e. The number of imide groups is 1. The number of carbonyl (C=O) groups is 2. The number of nitrogens with zero attached hydrogens (tertiary/aromatic N) is 2. The van der Waals surface area contributed by atoms with Crippen molar-refractivity contribution in [3.63, 3.8) is 0 Å². The molecule has 2 aliphatic rings. The molecule has 5 nitrogen and oxygen atoms in total. The Hall–Kier alpha value is -3.60. The molecule has 4 heterocycles. The van der Waals surface area contributed by atoms with Gasteiger partial charge in [0, 0.05) is 58.4 Å². The van der Waals surface area contributed by atoms with Crippen LogP contribution in [0.5, 0.6) is 0 Å². The van der Waals surface area contributed by atoms with Crippen LogP contribution in [0.15, 0.2) is 60.9 Å². The molecule has 0 aliphatic carbocycles. The summed E-state index contributed by atoms with van der Waals surface area (Å²) in [4.78, 5) is 26.3. The normalized spacial score (nSPS) is 19.1. The molecule has 2 aromatic carbocycles. The highest BCUT2D eigenvalue weighted by atomic mass is 16.2. The van der Waals surface area contributed by atoms with E-state index in [1.807, 2.05) is 24.3 Å². The highest BCUT2D eigenvalue weighted by Gasteiger charge is 2.35. The zero-order chi connectivity index (χ0) is 22.5. The lowest BCUT2D eigenvalue weighted by Gasteiger charge is -2.16. The lowest BCUT2D eigenvalue weighted by molar-refractivity contribution is -0.122. The van der Waals surface area contributed by atoms with Gasteiger partial charge in [0.1, 0.15) is 0 Å². The SMILES string of the molecule is CCC1CCCn2cc(c3ccccc32)C2=C(C(=O)NC2=O)c2cn(c3ccccc23)CC1. The zero-order valence-electron chi connectivity index (χ0n) is 18.8. The van der Waals surface area contributed by atoms with Crippen LogP contribution in [-0.4, -0.2) is 20.9 Å². The van der Waals surface area contributed by atoms with Crippen LogP contribution < -0.4 is 5.32 Å². The van der Waals surface area contributed by atoms with Gasteiger partial charge in [0.05, 0.1) is 11.1 Å². The number of nitrogens with one attached hydrogen (secondary N) is 1. The highest BCUT2D eigenvalue weighted by molar-refractivity contribution is 6.50. The molecule has 166 valence electrons. The van der Waals surface area contributed by atoms with E-state index in [0.29, 0.717) is 17.1 Å². The van der Waals surface area contributed by atoms with Crippen LogP contribution >= 0.6 is 0 Å². The van der Waals surface area contributed by atoms with Crippen molar-refractivity contribution in [1.29, 1.82) is 0 Å². The molecule has 0 saturated heterocycles. The van der Waals surface area contributed by atoms with Gasteiger partial charge in [-0.05, 0) is 37.3 Å². The molecule has 6 rings (SSSR count). The zero-order valence-corrected chi connectivity index (χ0v) is 18.8. The van der Waals surface area contributed by atoms with Crippen LogP contribution in [0.25, 0.3) is 33.0 Å². The van der Waals surface area contributed by atoms with Crippen molar-refractivity contribution in [3.8, 4) is 0 Å². The first kappa shape index (κ1) is 20.0. The number of benzene rings is 2. The average Bonchev–Trinajstić information content (AvgIpc) is 3.46. The van der Waals surface area contributed by atoms with Gasteiger partial charge in [-0.3, -0.25) is 14.9 Å². The quantitative estimate of drug-likeness (QED) is 0.407. The second-order valence-electron chi connectivity index (χ2n) is 9.25. The van der Waals surface area contributed by atoms with Crippen LogP contribution in [0.1, 0.15) is 43.7 Å². The molecule has 0 fully saturated rings. The van der Waals surface area contributed by atoms with Crippen LogP contribution in [0.2, 0.25) is 0 Å². The third-order valence-corrected chi connectivity index (χ3v) is 7.41. The Labute approximate surface area is 192 Å². The van der Waals surface area contributed by atoms with E-state index in [2.05, 4.69) is 58.0 Å². The number of carbonyl (C=O) groups excluding carboxylic acids is 2. The molecule has 1 N–H and O–H groups in total. The number of amides is 2. The van der Waals surface area contributed by atoms with E-state index in [4.69, 9.17) is 0 Å². The largest absolute Gasteiger partial charge is 0.347 e. The Kier molecular flexibility index (Phi) is 4.72. The summed E-state index contributed by atoms with van der Waals surface area (Å²) in [5.41, 5.74) is 4.87. The minimum Gasteiger partial charge on any atom is -0.347 e. The number of fused-ring (bicyclic) bond motifs is 12. The van der Waals surface area contributed by atoms with Gasteiger partial charge in [0.15, 0.2) is 0 Å². The van der Waals surface area contributed by atoms with E-state index in [0.717, 1.165) is 65.3 Å². The first-order valence-electron chi connectivity index (χ1n) is 11.9. The summed E-state index contributed by atoms with van der Waals surface area (Å²) in [6.07, 6.45) is 8.68. The first-order valence-corrected chi connectivity index (χ1v) is 11.9. The monoisotopic (exact) mass is 437 g/mol. The molecule has 0 radical (unpaired) electrons. The Balaban J connectivity index is 1.68. The van der Waals surface area contributed by atoms with E-state index in [9.17, 15) is 9.59 Å². The van der Waals surface area contributed by atoms with Crippen molar-refractivity contribution in [1.82, 2.24) is 14.5 Å². The minimum atomic E-state index is -0.312. The molecule has 4 bridgehead atoms. The van der Waals surface area contributed by atoms with Gasteiger partial charge >= 0.3 is 0 Å². The second kappa shape index (κ2) is 7.77. The molecule has 2 amide bonds. The summed E-state index contributed by atoms with van der Waals surface area (Å²) in [6, 6.07) is 16.4. The van der Waals surface area contributed by atoms with Crippen molar-refractivity contribution < 1.29 is 9.59 Å². The fourth-order valence-corrected chi connectivity index (χ4v) is 5.66. The molecule has 33 heavy (non-hydrogen) atoms. The van der Waals surface area contributed by atoms with Crippen LogP contribution in [0.4, 0.5) is 0 Å². The van der Waals surface area contributed by atoms with Crippen molar-refractivity contribution in [2.75, 3.05) is 0 Å². The lowest BCUT2D eigenvalue weighted by Crippen LogP contribution is -2.22. The number of rotatable bonds is 1. The van der Waals surface area contributed by atoms with Gasteiger partial charge in [-0.1, -0.05) is 49.7 Å². The summed E-state index contributed by atoms with van der Waals surface area (Å²) in [7, 11) is 0. The maximum absolute atomic E-state index is 13.2. The van der Waals surface area contributed by atoms with Gasteiger partial charge in [-0.2, -0.15) is 0 Å². The van der Waals surface area contributed by atoms with Gasteiger partial charge < -0.3 is 9.13 Å². The third-order valence-electron chi connectivity index (χ3n) is 7.41. The number of hydrogen-bond donors (Lipinski definition) is 1. The molecule has 1 atom stereocenters. The summed E-state index contributed by atoms with van der Waals surface area (Å²) < 4.78 is 4.52. The van der Waals surface area contributed by atoms with Crippen molar-refractivity contribution in [3.05, 3.63) is 72.1 Å². The van der Waals surface area contributed by atoms with E-state index in [-0.39, 0.29) is 11.8 Å². The molecule has 2 aliphatic heterocycles. The molecular formula is C28H27N3O2. The summed E-state index contributed by atoms with van der Waals surface area (Å²) in [5, 5.41) is 4.61. The van der Waals surface area contributed by atoms with Crippen LogP contribution in [-0.2, 0) is 22.7 Å². The standard InChI is InChI=1S/C28H27N3O2/c1-2-18-8-7-14-30-16-21(19-9-3-5-11-23(19)30)25-26(28(33)29-27(25)32)22-17-31(15-13-18)24-12-6-4-10-20(22)24/h3-6,9-12,16-18H,2,7-8,13-15H2,1H3,(H,29,32,33). The van der Waals surface area contributed by atoms with E-state index >= 15 is 0 Å². The summed E-state index contributed by atoms with van der Waals surface area (Å²) >= 11 is 0. The van der Waals surface area contributed by atoms with Gasteiger partial charge in [0.2, 0.25) is 0 Å². The number of para-hydroxylation sites is 2. The Bertz CT molecular complexity index is 1450. The van der Waals surface area contributed by atoms with Crippen molar-refractivity contribution in [2.45, 2.75) is 45.7 Å². The van der Waals surface area contributed by atoms with E-state index in [1.165, 1.54) is 6.42 Å². The molecule has 5 heteroatoms. The minimum absolute atomic E-state index is 0.312. The fourth-order valence-electron chi connectivity index (χ4n) is 5.66. The Morgan fingerprint density at radius 3 is 1.91 bits per heavy atom. The molecule has 4 aromatic rings. The van der Waals surface area contributed by atoms with Crippen LogP contribution in [0, 0.1) is 5.92 Å². The predicted molar refractivity (Wildman–Crippen MR) is 131 cm³/mol.